The van der Waals surface area contributed by atoms with Gasteiger partial charge in [-0.25, -0.2) is 0 Å². The Bertz CT molecular complexity index is 218. The van der Waals surface area contributed by atoms with Crippen molar-refractivity contribution in [1.82, 2.24) is 5.32 Å². The van der Waals surface area contributed by atoms with Crippen LogP contribution in [-0.4, -0.2) is 23.2 Å². The molecule has 1 aliphatic carbocycles. The Kier molecular flexibility index (Phi) is 4.14. The zero-order chi connectivity index (χ0) is 11.5. The molecule has 1 saturated carbocycles. The van der Waals surface area contributed by atoms with Gasteiger partial charge in [0.2, 0.25) is 5.91 Å². The first kappa shape index (κ1) is 12.5. The SMILES string of the molecule is CC1CCC(C(=O)NC(C)(C)CO)CC1. The predicted molar refractivity (Wildman–Crippen MR) is 60.4 cm³/mol. The fourth-order valence-electron chi connectivity index (χ4n) is 2.00. The molecule has 0 aromatic rings. The van der Waals surface area contributed by atoms with E-state index in [1.54, 1.807) is 0 Å². The summed E-state index contributed by atoms with van der Waals surface area (Å²) in [7, 11) is 0. The van der Waals surface area contributed by atoms with Gasteiger partial charge in [-0.3, -0.25) is 4.79 Å². The summed E-state index contributed by atoms with van der Waals surface area (Å²) in [6.07, 6.45) is 4.29. The van der Waals surface area contributed by atoms with Gasteiger partial charge < -0.3 is 10.4 Å². The predicted octanol–water partition coefficient (Wildman–Crippen LogP) is 1.70. The lowest BCUT2D eigenvalue weighted by Crippen LogP contribution is -2.49. The van der Waals surface area contributed by atoms with Crippen molar-refractivity contribution in [2.45, 2.75) is 52.0 Å². The first-order valence-electron chi connectivity index (χ1n) is 5.87. The van der Waals surface area contributed by atoms with Crippen molar-refractivity contribution >= 4 is 5.91 Å². The number of rotatable bonds is 3. The van der Waals surface area contributed by atoms with Crippen LogP contribution in [0.25, 0.3) is 0 Å². The molecule has 1 rings (SSSR count). The van der Waals surface area contributed by atoms with Crippen LogP contribution >= 0.6 is 0 Å². The number of hydrogen-bond donors (Lipinski definition) is 2. The molecular formula is C12H23NO2. The summed E-state index contributed by atoms with van der Waals surface area (Å²) in [6, 6.07) is 0. The number of aliphatic hydroxyl groups is 1. The fourth-order valence-corrected chi connectivity index (χ4v) is 2.00. The van der Waals surface area contributed by atoms with Crippen molar-refractivity contribution in [2.24, 2.45) is 11.8 Å². The van der Waals surface area contributed by atoms with Crippen molar-refractivity contribution in [3.63, 3.8) is 0 Å². The minimum Gasteiger partial charge on any atom is -0.394 e. The quantitative estimate of drug-likeness (QED) is 0.749. The summed E-state index contributed by atoms with van der Waals surface area (Å²) in [5.41, 5.74) is -0.486. The third-order valence-corrected chi connectivity index (χ3v) is 3.24. The van der Waals surface area contributed by atoms with Gasteiger partial charge >= 0.3 is 0 Å². The standard InChI is InChI=1S/C12H23NO2/c1-9-4-6-10(7-5-9)11(15)13-12(2,3)8-14/h9-10,14H,4-8H2,1-3H3,(H,13,15). The molecule has 0 saturated heterocycles. The molecule has 2 N–H and O–H groups in total. The van der Waals surface area contributed by atoms with E-state index in [0.29, 0.717) is 0 Å². The van der Waals surface area contributed by atoms with Gasteiger partial charge in [-0.2, -0.15) is 0 Å². The first-order valence-corrected chi connectivity index (χ1v) is 5.87. The Balaban J connectivity index is 2.41. The van der Waals surface area contributed by atoms with Crippen molar-refractivity contribution in [2.75, 3.05) is 6.61 Å². The van der Waals surface area contributed by atoms with Crippen LogP contribution in [0.3, 0.4) is 0 Å². The van der Waals surface area contributed by atoms with E-state index in [1.165, 1.54) is 0 Å². The molecule has 0 radical (unpaired) electrons. The molecule has 0 aromatic heterocycles. The lowest BCUT2D eigenvalue weighted by Gasteiger charge is -2.30. The molecule has 1 aliphatic rings. The molecule has 3 nitrogen and oxygen atoms in total. The van der Waals surface area contributed by atoms with Crippen LogP contribution in [0.5, 0.6) is 0 Å². The average molecular weight is 213 g/mol. The molecule has 1 amide bonds. The van der Waals surface area contributed by atoms with E-state index in [-0.39, 0.29) is 18.4 Å². The van der Waals surface area contributed by atoms with Gasteiger partial charge in [0.1, 0.15) is 0 Å². The van der Waals surface area contributed by atoms with Crippen LogP contribution < -0.4 is 5.32 Å². The van der Waals surface area contributed by atoms with E-state index in [9.17, 15) is 4.79 Å². The molecule has 0 heterocycles. The molecule has 0 aliphatic heterocycles. The van der Waals surface area contributed by atoms with Crippen LogP contribution in [0, 0.1) is 11.8 Å². The van der Waals surface area contributed by atoms with Gasteiger partial charge in [-0.15, -0.1) is 0 Å². The summed E-state index contributed by atoms with van der Waals surface area (Å²) < 4.78 is 0. The highest BCUT2D eigenvalue weighted by Crippen LogP contribution is 2.28. The zero-order valence-corrected chi connectivity index (χ0v) is 10.0. The van der Waals surface area contributed by atoms with E-state index in [4.69, 9.17) is 5.11 Å². The van der Waals surface area contributed by atoms with Crippen LogP contribution in [-0.2, 0) is 4.79 Å². The molecule has 3 heteroatoms. The van der Waals surface area contributed by atoms with Crippen molar-refractivity contribution in [3.05, 3.63) is 0 Å². The second-order valence-electron chi connectivity index (χ2n) is 5.49. The van der Waals surface area contributed by atoms with Gasteiger partial charge in [0.25, 0.3) is 0 Å². The third kappa shape index (κ3) is 3.82. The van der Waals surface area contributed by atoms with Gasteiger partial charge in [0.05, 0.1) is 12.1 Å². The Morgan fingerprint density at radius 2 is 1.87 bits per heavy atom. The Morgan fingerprint density at radius 1 is 1.33 bits per heavy atom. The molecule has 0 atom stereocenters. The maximum Gasteiger partial charge on any atom is 0.223 e. The minimum atomic E-state index is -0.486. The second kappa shape index (κ2) is 4.97. The highest BCUT2D eigenvalue weighted by molar-refractivity contribution is 5.79. The molecule has 88 valence electrons. The number of hydrogen-bond acceptors (Lipinski definition) is 2. The Labute approximate surface area is 92.3 Å². The molecule has 1 fully saturated rings. The molecule has 0 bridgehead atoms. The lowest BCUT2D eigenvalue weighted by atomic mass is 9.82. The minimum absolute atomic E-state index is 0.0120. The fraction of sp³-hybridized carbons (Fsp3) is 0.917. The summed E-state index contributed by atoms with van der Waals surface area (Å²) in [5.74, 6) is 1.04. The number of nitrogens with one attached hydrogen (secondary N) is 1. The molecule has 0 spiro atoms. The normalized spacial score (nSPS) is 27.5. The maximum atomic E-state index is 11.9. The Morgan fingerprint density at radius 3 is 2.33 bits per heavy atom. The zero-order valence-electron chi connectivity index (χ0n) is 10.0. The monoisotopic (exact) mass is 213 g/mol. The topological polar surface area (TPSA) is 49.3 Å². The van der Waals surface area contributed by atoms with Crippen molar-refractivity contribution in [3.8, 4) is 0 Å². The summed E-state index contributed by atoms with van der Waals surface area (Å²) in [5, 5.41) is 12.0. The van der Waals surface area contributed by atoms with Crippen LogP contribution in [0.2, 0.25) is 0 Å². The van der Waals surface area contributed by atoms with Crippen LogP contribution in [0.1, 0.15) is 46.5 Å². The van der Waals surface area contributed by atoms with Gasteiger partial charge in [0.15, 0.2) is 0 Å². The maximum absolute atomic E-state index is 11.9. The first-order chi connectivity index (χ1) is 6.94. The van der Waals surface area contributed by atoms with Gasteiger partial charge in [0, 0.05) is 5.92 Å². The Hall–Kier alpha value is -0.570. The van der Waals surface area contributed by atoms with E-state index in [2.05, 4.69) is 12.2 Å². The van der Waals surface area contributed by atoms with E-state index < -0.39 is 5.54 Å². The summed E-state index contributed by atoms with van der Waals surface area (Å²) in [4.78, 5) is 11.9. The van der Waals surface area contributed by atoms with Crippen LogP contribution in [0.4, 0.5) is 0 Å². The smallest absolute Gasteiger partial charge is 0.223 e. The van der Waals surface area contributed by atoms with Crippen molar-refractivity contribution < 1.29 is 9.90 Å². The lowest BCUT2D eigenvalue weighted by molar-refractivity contribution is -0.128. The third-order valence-electron chi connectivity index (χ3n) is 3.24. The second-order valence-corrected chi connectivity index (χ2v) is 5.49. The highest BCUT2D eigenvalue weighted by Gasteiger charge is 2.28. The van der Waals surface area contributed by atoms with E-state index in [0.717, 1.165) is 31.6 Å². The largest absolute Gasteiger partial charge is 0.394 e. The number of amides is 1. The summed E-state index contributed by atoms with van der Waals surface area (Å²) >= 11 is 0. The van der Waals surface area contributed by atoms with Gasteiger partial charge in [-0.05, 0) is 45.4 Å². The number of carbonyl (C=O) groups is 1. The molecule has 0 unspecified atom stereocenters. The van der Waals surface area contributed by atoms with E-state index in [1.807, 2.05) is 13.8 Å². The average Bonchev–Trinajstić information content (AvgIpc) is 2.18. The van der Waals surface area contributed by atoms with Gasteiger partial charge in [-0.1, -0.05) is 6.92 Å². The molecule has 15 heavy (non-hydrogen) atoms. The highest BCUT2D eigenvalue weighted by atomic mass is 16.3. The molecular weight excluding hydrogens is 190 g/mol. The summed E-state index contributed by atoms with van der Waals surface area (Å²) in [6.45, 7) is 5.92. The molecule has 0 aromatic carbocycles. The van der Waals surface area contributed by atoms with E-state index >= 15 is 0 Å². The number of carbonyl (C=O) groups excluding carboxylic acids is 1. The van der Waals surface area contributed by atoms with Crippen LogP contribution in [0.15, 0.2) is 0 Å². The number of aliphatic hydroxyl groups excluding tert-OH is 1. The van der Waals surface area contributed by atoms with Crippen molar-refractivity contribution in [1.29, 1.82) is 0 Å².